The van der Waals surface area contributed by atoms with Crippen LogP contribution in [0.5, 0.6) is 0 Å². The highest BCUT2D eigenvalue weighted by Crippen LogP contribution is 2.33. The van der Waals surface area contributed by atoms with Crippen LogP contribution in [0.1, 0.15) is 19.5 Å². The Kier molecular flexibility index (Phi) is 5.54. The summed E-state index contributed by atoms with van der Waals surface area (Å²) in [5.74, 6) is -0.266. The van der Waals surface area contributed by atoms with Crippen molar-refractivity contribution in [1.29, 1.82) is 5.26 Å². The Morgan fingerprint density at radius 3 is 2.50 bits per heavy atom. The molecule has 5 rings (SSSR count). The predicted molar refractivity (Wildman–Crippen MR) is 133 cm³/mol. The van der Waals surface area contributed by atoms with Crippen molar-refractivity contribution in [2.45, 2.75) is 25.9 Å². The van der Waals surface area contributed by atoms with Crippen molar-refractivity contribution >= 4 is 33.2 Å². The Morgan fingerprint density at radius 1 is 1.06 bits per heavy atom. The van der Waals surface area contributed by atoms with Gasteiger partial charge in [0, 0.05) is 49.2 Å². The first-order valence-corrected chi connectivity index (χ1v) is 11.9. The molecular weight excluding hydrogens is 451 g/mol. The molecule has 1 aromatic carbocycles. The topological polar surface area (TPSA) is 78.0 Å². The summed E-state index contributed by atoms with van der Waals surface area (Å²) in [7, 11) is 1.72. The highest BCUT2D eigenvalue weighted by molar-refractivity contribution is 7.14. The molecule has 1 aliphatic rings. The van der Waals surface area contributed by atoms with Crippen LogP contribution in [0.25, 0.3) is 22.3 Å². The van der Waals surface area contributed by atoms with Crippen LogP contribution in [0.4, 0.5) is 15.2 Å². The molecule has 0 N–H and O–H groups in total. The minimum atomic E-state index is -0.266. The molecule has 0 radical (unpaired) electrons. The maximum Gasteiger partial charge on any atom is 0.252 e. The Bertz CT molecular complexity index is 1470. The Balaban J connectivity index is 1.46. The molecule has 0 spiro atoms. The molecule has 1 saturated heterocycles. The van der Waals surface area contributed by atoms with E-state index < -0.39 is 0 Å². The van der Waals surface area contributed by atoms with Crippen LogP contribution < -0.4 is 15.4 Å². The van der Waals surface area contributed by atoms with Gasteiger partial charge in [-0.25, -0.2) is 14.4 Å². The lowest BCUT2D eigenvalue weighted by Crippen LogP contribution is -2.57. The average Bonchev–Trinajstić information content (AvgIpc) is 3.33. The fourth-order valence-corrected chi connectivity index (χ4v) is 5.42. The lowest BCUT2D eigenvalue weighted by atomic mass is 10.1. The molecule has 0 bridgehead atoms. The number of hydrogen-bond acceptors (Lipinski definition) is 7. The summed E-state index contributed by atoms with van der Waals surface area (Å²) in [6.45, 7) is 5.64. The zero-order valence-corrected chi connectivity index (χ0v) is 19.9. The van der Waals surface area contributed by atoms with Gasteiger partial charge in [0.05, 0.1) is 16.9 Å². The number of aromatic nitrogens is 3. The van der Waals surface area contributed by atoms with Crippen molar-refractivity contribution in [3.05, 3.63) is 69.7 Å². The third-order valence-electron chi connectivity index (χ3n) is 6.36. The molecule has 0 amide bonds. The maximum atomic E-state index is 13.3. The van der Waals surface area contributed by atoms with E-state index in [1.165, 1.54) is 12.1 Å². The van der Waals surface area contributed by atoms with Crippen molar-refractivity contribution in [3.8, 4) is 17.3 Å². The van der Waals surface area contributed by atoms with Crippen LogP contribution in [0.3, 0.4) is 0 Å². The largest absolute Gasteiger partial charge is 0.363 e. The fraction of sp³-hybridized carbons (Fsp3) is 0.280. The first-order chi connectivity index (χ1) is 16.4. The van der Waals surface area contributed by atoms with Crippen molar-refractivity contribution in [3.63, 3.8) is 0 Å². The SMILES string of the molecule is C[C@H]1CN(c2cc(=O)n(C)c3ccc(C#N)nc23)[C@@H](C)CN1c1nc(-c2ccc(F)cc2)cs1. The zero-order chi connectivity index (χ0) is 24.0. The second kappa shape index (κ2) is 8.54. The summed E-state index contributed by atoms with van der Waals surface area (Å²) < 4.78 is 14.8. The summed E-state index contributed by atoms with van der Waals surface area (Å²) in [6.07, 6.45) is 0. The number of pyridine rings is 2. The van der Waals surface area contributed by atoms with E-state index in [0.717, 1.165) is 22.1 Å². The van der Waals surface area contributed by atoms with Gasteiger partial charge < -0.3 is 14.4 Å². The van der Waals surface area contributed by atoms with Crippen LogP contribution in [0.15, 0.2) is 52.6 Å². The molecular formula is C25H23FN6OS. The molecule has 0 unspecified atom stereocenters. The third kappa shape index (κ3) is 3.80. The van der Waals surface area contributed by atoms with Crippen molar-refractivity contribution in [1.82, 2.24) is 14.5 Å². The second-order valence-electron chi connectivity index (χ2n) is 8.63. The van der Waals surface area contributed by atoms with Gasteiger partial charge in [0.2, 0.25) is 0 Å². The number of benzene rings is 1. The Morgan fingerprint density at radius 2 is 1.76 bits per heavy atom. The van der Waals surface area contributed by atoms with Gasteiger partial charge in [-0.15, -0.1) is 11.3 Å². The number of piperazine rings is 1. The zero-order valence-electron chi connectivity index (χ0n) is 19.1. The fourth-order valence-electron chi connectivity index (χ4n) is 4.47. The van der Waals surface area contributed by atoms with Crippen LogP contribution in [0, 0.1) is 17.1 Å². The second-order valence-corrected chi connectivity index (χ2v) is 9.46. The van der Waals surface area contributed by atoms with Crippen LogP contribution in [-0.4, -0.2) is 39.7 Å². The van der Waals surface area contributed by atoms with Gasteiger partial charge in [-0.1, -0.05) is 0 Å². The molecule has 1 fully saturated rings. The summed E-state index contributed by atoms with van der Waals surface area (Å²) in [6, 6.07) is 13.7. The van der Waals surface area contributed by atoms with Crippen LogP contribution in [0.2, 0.25) is 0 Å². The molecule has 4 aromatic rings. The van der Waals surface area contributed by atoms with E-state index in [9.17, 15) is 14.4 Å². The highest BCUT2D eigenvalue weighted by Gasteiger charge is 2.32. The van der Waals surface area contributed by atoms with E-state index in [1.54, 1.807) is 53.3 Å². The molecule has 0 aliphatic carbocycles. The minimum absolute atomic E-state index is 0.0808. The quantitative estimate of drug-likeness (QED) is 0.444. The number of rotatable bonds is 3. The number of halogens is 1. The molecule has 34 heavy (non-hydrogen) atoms. The predicted octanol–water partition coefficient (Wildman–Crippen LogP) is 4.17. The van der Waals surface area contributed by atoms with E-state index in [1.807, 2.05) is 5.38 Å². The summed E-state index contributed by atoms with van der Waals surface area (Å²) in [4.78, 5) is 26.5. The first kappa shape index (κ1) is 22.0. The normalized spacial score (nSPS) is 18.3. The van der Waals surface area contributed by atoms with Gasteiger partial charge in [-0.2, -0.15) is 5.26 Å². The smallest absolute Gasteiger partial charge is 0.252 e. The van der Waals surface area contributed by atoms with Gasteiger partial charge in [0.15, 0.2) is 5.13 Å². The standard InChI is InChI=1S/C25H23FN6OS/c1-15-13-32(25-29-20(14-34-25)17-4-6-18(26)7-5-17)16(2)12-31(15)22-10-23(33)30(3)21-9-8-19(11-27)28-24(21)22/h4-10,14-16H,12-13H2,1-3H3/t15-,16-/m0/s1. The summed E-state index contributed by atoms with van der Waals surface area (Å²) in [5.41, 5.74) is 4.03. The van der Waals surface area contributed by atoms with Crippen LogP contribution in [-0.2, 0) is 7.05 Å². The Labute approximate surface area is 200 Å². The Hall–Kier alpha value is -3.77. The molecule has 2 atom stereocenters. The number of fused-ring (bicyclic) bond motifs is 1. The summed E-state index contributed by atoms with van der Waals surface area (Å²) >= 11 is 1.57. The van der Waals surface area contributed by atoms with E-state index in [4.69, 9.17) is 4.98 Å². The van der Waals surface area contributed by atoms with Gasteiger partial charge in [-0.05, 0) is 50.2 Å². The maximum absolute atomic E-state index is 13.3. The van der Waals surface area contributed by atoms with Crippen molar-refractivity contribution < 1.29 is 4.39 Å². The molecule has 4 heterocycles. The van der Waals surface area contributed by atoms with E-state index in [0.29, 0.717) is 29.8 Å². The molecule has 7 nitrogen and oxygen atoms in total. The first-order valence-electron chi connectivity index (χ1n) is 11.0. The van der Waals surface area contributed by atoms with Crippen LogP contribution >= 0.6 is 11.3 Å². The van der Waals surface area contributed by atoms with Gasteiger partial charge in [-0.3, -0.25) is 4.79 Å². The number of nitriles is 1. The average molecular weight is 475 g/mol. The van der Waals surface area contributed by atoms with E-state index in [2.05, 4.69) is 34.7 Å². The number of aryl methyl sites for hydroxylation is 1. The lowest BCUT2D eigenvalue weighted by Gasteiger charge is -2.45. The minimum Gasteiger partial charge on any atom is -0.363 e. The van der Waals surface area contributed by atoms with Crippen molar-refractivity contribution in [2.75, 3.05) is 22.9 Å². The number of nitrogens with zero attached hydrogens (tertiary/aromatic N) is 6. The van der Waals surface area contributed by atoms with Gasteiger partial charge in [0.1, 0.15) is 23.1 Å². The highest BCUT2D eigenvalue weighted by atomic mass is 32.1. The van der Waals surface area contributed by atoms with Gasteiger partial charge in [0.25, 0.3) is 5.56 Å². The molecule has 0 saturated carbocycles. The van der Waals surface area contributed by atoms with Gasteiger partial charge >= 0.3 is 0 Å². The molecule has 1 aliphatic heterocycles. The van der Waals surface area contributed by atoms with E-state index >= 15 is 0 Å². The molecule has 9 heteroatoms. The molecule has 172 valence electrons. The molecule has 3 aromatic heterocycles. The lowest BCUT2D eigenvalue weighted by molar-refractivity contribution is 0.481. The number of thiazole rings is 1. The number of anilines is 2. The monoisotopic (exact) mass is 474 g/mol. The summed E-state index contributed by atoms with van der Waals surface area (Å²) in [5, 5.41) is 12.3. The van der Waals surface area contributed by atoms with E-state index in [-0.39, 0.29) is 23.5 Å². The van der Waals surface area contributed by atoms with Crippen molar-refractivity contribution in [2.24, 2.45) is 7.05 Å². The number of hydrogen-bond donors (Lipinski definition) is 0. The third-order valence-corrected chi connectivity index (χ3v) is 7.23.